The van der Waals surface area contributed by atoms with Gasteiger partial charge in [-0.05, 0) is 70.6 Å². The highest BCUT2D eigenvalue weighted by molar-refractivity contribution is 5.72. The summed E-state index contributed by atoms with van der Waals surface area (Å²) in [6.45, 7) is 6.38. The number of carbonyl (C=O) groups is 3. The number of ether oxygens (including phenoxy) is 3. The first-order chi connectivity index (χ1) is 30.5. The fourth-order valence-corrected chi connectivity index (χ4v) is 6.83. The second kappa shape index (κ2) is 50.2. The Morgan fingerprint density at radius 2 is 0.710 bits per heavy atom. The predicted octanol–water partition coefficient (Wildman–Crippen LogP) is 16.8. The summed E-state index contributed by atoms with van der Waals surface area (Å²) in [5, 5.41) is 0. The second-order valence-electron chi connectivity index (χ2n) is 16.7. The summed E-state index contributed by atoms with van der Waals surface area (Å²) in [7, 11) is 0. The molecule has 0 bridgehead atoms. The smallest absolute Gasteiger partial charge is 0.309 e. The molecular formula is C56H94O6. The van der Waals surface area contributed by atoms with E-state index < -0.39 is 12.1 Å². The molecule has 0 amide bonds. The van der Waals surface area contributed by atoms with E-state index in [9.17, 15) is 14.4 Å². The van der Waals surface area contributed by atoms with Gasteiger partial charge in [0.25, 0.3) is 0 Å². The largest absolute Gasteiger partial charge is 0.462 e. The lowest BCUT2D eigenvalue weighted by Crippen LogP contribution is -2.30. The fraction of sp³-hybridized carbons (Fsp3) is 0.696. The van der Waals surface area contributed by atoms with Gasteiger partial charge < -0.3 is 14.2 Å². The molecule has 1 atom stereocenters. The molecule has 0 aliphatic heterocycles. The Morgan fingerprint density at radius 3 is 1.18 bits per heavy atom. The Labute approximate surface area is 382 Å². The number of unbranched alkanes of at least 4 members (excludes halogenated alkanes) is 21. The molecule has 1 unspecified atom stereocenters. The van der Waals surface area contributed by atoms with Crippen LogP contribution in [-0.4, -0.2) is 37.2 Å². The molecular weight excluding hydrogens is 769 g/mol. The molecule has 0 saturated carbocycles. The van der Waals surface area contributed by atoms with Crippen molar-refractivity contribution in [3.63, 3.8) is 0 Å². The monoisotopic (exact) mass is 863 g/mol. The van der Waals surface area contributed by atoms with Gasteiger partial charge in [-0.15, -0.1) is 0 Å². The summed E-state index contributed by atoms with van der Waals surface area (Å²) in [6.07, 6.45) is 64.4. The molecule has 0 saturated heterocycles. The molecule has 0 radical (unpaired) electrons. The minimum absolute atomic E-state index is 0.113. The molecule has 0 aromatic rings. The molecule has 0 aliphatic carbocycles. The third-order valence-electron chi connectivity index (χ3n) is 10.7. The van der Waals surface area contributed by atoms with Crippen molar-refractivity contribution in [2.45, 2.75) is 239 Å². The van der Waals surface area contributed by atoms with Crippen LogP contribution in [0.4, 0.5) is 0 Å². The van der Waals surface area contributed by atoms with Crippen LogP contribution in [-0.2, 0) is 28.6 Å². The molecule has 62 heavy (non-hydrogen) atoms. The van der Waals surface area contributed by atoms with Crippen LogP contribution >= 0.6 is 0 Å². The minimum atomic E-state index is -0.819. The summed E-state index contributed by atoms with van der Waals surface area (Å²) in [5.74, 6) is -1.06. The SMILES string of the molecule is CC/C=C\C/C=C\C/C=C\C/C=C\C/C=C\CC(=O)OCC(COC(=O)CCCCCCC/C=C\C/C=C\CCCC)OC(=O)CCCCCCCCCCCCCCCCC. The maximum atomic E-state index is 12.8. The number of hydrogen-bond donors (Lipinski definition) is 0. The van der Waals surface area contributed by atoms with Gasteiger partial charge in [-0.25, -0.2) is 0 Å². The Morgan fingerprint density at radius 1 is 0.355 bits per heavy atom. The highest BCUT2D eigenvalue weighted by atomic mass is 16.6. The average molecular weight is 863 g/mol. The van der Waals surface area contributed by atoms with Gasteiger partial charge in [-0.2, -0.15) is 0 Å². The zero-order valence-corrected chi connectivity index (χ0v) is 40.4. The molecule has 6 nitrogen and oxygen atoms in total. The molecule has 0 N–H and O–H groups in total. The molecule has 0 aromatic heterocycles. The van der Waals surface area contributed by atoms with Crippen molar-refractivity contribution >= 4 is 17.9 Å². The molecule has 0 rings (SSSR count). The number of hydrogen-bond acceptors (Lipinski definition) is 6. The van der Waals surface area contributed by atoms with E-state index in [0.29, 0.717) is 12.8 Å². The molecule has 0 heterocycles. The Hall–Kier alpha value is -3.41. The van der Waals surface area contributed by atoms with Crippen LogP contribution in [0.3, 0.4) is 0 Å². The van der Waals surface area contributed by atoms with Crippen molar-refractivity contribution in [2.24, 2.45) is 0 Å². The van der Waals surface area contributed by atoms with Gasteiger partial charge >= 0.3 is 17.9 Å². The molecule has 0 aliphatic rings. The summed E-state index contributed by atoms with van der Waals surface area (Å²) in [6, 6.07) is 0. The summed E-state index contributed by atoms with van der Waals surface area (Å²) < 4.78 is 16.7. The summed E-state index contributed by atoms with van der Waals surface area (Å²) in [4.78, 5) is 37.9. The molecule has 6 heteroatoms. The zero-order chi connectivity index (χ0) is 45.1. The normalized spacial score (nSPS) is 12.8. The minimum Gasteiger partial charge on any atom is -0.462 e. The van der Waals surface area contributed by atoms with Gasteiger partial charge in [0.05, 0.1) is 6.42 Å². The number of esters is 3. The third-order valence-corrected chi connectivity index (χ3v) is 10.7. The van der Waals surface area contributed by atoms with E-state index in [2.05, 4.69) is 93.7 Å². The first-order valence-corrected chi connectivity index (χ1v) is 25.6. The first-order valence-electron chi connectivity index (χ1n) is 25.6. The van der Waals surface area contributed by atoms with Crippen molar-refractivity contribution < 1.29 is 28.6 Å². The fourth-order valence-electron chi connectivity index (χ4n) is 6.83. The Balaban J connectivity index is 4.52. The van der Waals surface area contributed by atoms with E-state index in [1.807, 2.05) is 6.08 Å². The Bertz CT molecular complexity index is 1220. The van der Waals surface area contributed by atoms with Crippen molar-refractivity contribution in [1.82, 2.24) is 0 Å². The quantitative estimate of drug-likeness (QED) is 0.0263. The van der Waals surface area contributed by atoms with E-state index in [1.165, 1.54) is 96.3 Å². The molecule has 0 spiro atoms. The van der Waals surface area contributed by atoms with E-state index in [0.717, 1.165) is 96.3 Å². The van der Waals surface area contributed by atoms with Crippen LogP contribution < -0.4 is 0 Å². The van der Waals surface area contributed by atoms with E-state index in [4.69, 9.17) is 14.2 Å². The average Bonchev–Trinajstić information content (AvgIpc) is 3.27. The molecule has 0 aromatic carbocycles. The standard InChI is InChI=1S/C56H94O6/c1-4-7-10-13-16-19-22-25-28-31-34-37-40-43-46-49-55(58)61-52-53(51-60-54(57)48-45-42-39-36-33-30-27-24-21-18-15-12-9-6-3)62-56(59)50-47-44-41-38-35-32-29-26-23-20-17-14-11-8-5-2/h7,10,15-16,18-19,24-25,27-28,34,37,43,46,53H,4-6,8-9,11-14,17,20-23,26,29-33,35-36,38-42,44-45,47-52H2,1-3H3/b10-7-,18-15-,19-16-,27-24-,28-25-,37-34-,46-43-. The Kier molecular flexibility index (Phi) is 47.5. The third kappa shape index (κ3) is 47.6. The number of rotatable bonds is 45. The van der Waals surface area contributed by atoms with Gasteiger partial charge in [0.1, 0.15) is 13.2 Å². The molecule has 0 fully saturated rings. The van der Waals surface area contributed by atoms with Crippen LogP contribution in [0.2, 0.25) is 0 Å². The van der Waals surface area contributed by atoms with Crippen LogP contribution in [0.15, 0.2) is 85.1 Å². The van der Waals surface area contributed by atoms with Crippen LogP contribution in [0, 0.1) is 0 Å². The van der Waals surface area contributed by atoms with Gasteiger partial charge in [0.15, 0.2) is 6.10 Å². The van der Waals surface area contributed by atoms with E-state index in [-0.39, 0.29) is 31.6 Å². The first kappa shape index (κ1) is 58.6. The highest BCUT2D eigenvalue weighted by Gasteiger charge is 2.19. The van der Waals surface area contributed by atoms with Gasteiger partial charge in [0.2, 0.25) is 0 Å². The van der Waals surface area contributed by atoms with Gasteiger partial charge in [0, 0.05) is 12.8 Å². The van der Waals surface area contributed by atoms with Crippen LogP contribution in [0.25, 0.3) is 0 Å². The lowest BCUT2D eigenvalue weighted by atomic mass is 10.0. The van der Waals surface area contributed by atoms with Crippen LogP contribution in [0.1, 0.15) is 233 Å². The predicted molar refractivity (Wildman–Crippen MR) is 265 cm³/mol. The highest BCUT2D eigenvalue weighted by Crippen LogP contribution is 2.15. The van der Waals surface area contributed by atoms with E-state index in [1.54, 1.807) is 6.08 Å². The number of allylic oxidation sites excluding steroid dienone is 13. The van der Waals surface area contributed by atoms with Crippen molar-refractivity contribution in [2.75, 3.05) is 13.2 Å². The number of carbonyl (C=O) groups excluding carboxylic acids is 3. The zero-order valence-electron chi connectivity index (χ0n) is 40.4. The topological polar surface area (TPSA) is 78.9 Å². The van der Waals surface area contributed by atoms with Crippen molar-refractivity contribution in [1.29, 1.82) is 0 Å². The lowest BCUT2D eigenvalue weighted by Gasteiger charge is -2.18. The summed E-state index contributed by atoms with van der Waals surface area (Å²) >= 11 is 0. The van der Waals surface area contributed by atoms with E-state index >= 15 is 0 Å². The maximum Gasteiger partial charge on any atom is 0.309 e. The van der Waals surface area contributed by atoms with Crippen molar-refractivity contribution in [3.05, 3.63) is 85.1 Å². The van der Waals surface area contributed by atoms with Crippen molar-refractivity contribution in [3.8, 4) is 0 Å². The maximum absolute atomic E-state index is 12.8. The van der Waals surface area contributed by atoms with Gasteiger partial charge in [-0.3, -0.25) is 14.4 Å². The lowest BCUT2D eigenvalue weighted by molar-refractivity contribution is -0.166. The molecule has 354 valence electrons. The summed E-state index contributed by atoms with van der Waals surface area (Å²) in [5.41, 5.74) is 0. The van der Waals surface area contributed by atoms with Gasteiger partial charge in [-0.1, -0.05) is 228 Å². The van der Waals surface area contributed by atoms with Crippen LogP contribution in [0.5, 0.6) is 0 Å². The second-order valence-corrected chi connectivity index (χ2v) is 16.7.